The first-order valence-corrected chi connectivity index (χ1v) is 7.71. The lowest BCUT2D eigenvalue weighted by molar-refractivity contribution is -0.0503. The fourth-order valence-corrected chi connectivity index (χ4v) is 5.80. The van der Waals surface area contributed by atoms with Crippen molar-refractivity contribution in [2.45, 2.75) is 36.0 Å². The molecule has 0 aromatic carbocycles. The van der Waals surface area contributed by atoms with E-state index in [9.17, 15) is 14.8 Å². The third kappa shape index (κ3) is 0.950. The molecular formula is C9H18BO3P. The molecule has 0 radical (unpaired) electrons. The van der Waals surface area contributed by atoms with E-state index in [1.54, 1.807) is 20.3 Å². The average molecular weight is 216 g/mol. The van der Waals surface area contributed by atoms with Crippen molar-refractivity contribution in [3.63, 3.8) is 0 Å². The second-order valence-corrected chi connectivity index (χ2v) is 9.10. The molecular weight excluding hydrogens is 198 g/mol. The van der Waals surface area contributed by atoms with Gasteiger partial charge >= 0.3 is 0 Å². The number of hydrogen-bond donors (Lipinski definition) is 2. The molecule has 0 aromatic heterocycles. The molecule has 0 saturated heterocycles. The Kier molecular flexibility index (Phi) is 1.90. The molecule has 2 N–H and O–H groups in total. The second-order valence-electron chi connectivity index (χ2n) is 5.57. The van der Waals surface area contributed by atoms with Crippen LogP contribution in [0.25, 0.3) is 0 Å². The molecule has 0 heterocycles. The van der Waals surface area contributed by atoms with E-state index < -0.39 is 24.0 Å². The van der Waals surface area contributed by atoms with Gasteiger partial charge in [0.15, 0.2) is 0 Å². The summed E-state index contributed by atoms with van der Waals surface area (Å²) in [5.74, 6) is 0.291. The molecule has 5 atom stereocenters. The van der Waals surface area contributed by atoms with Crippen LogP contribution in [0.15, 0.2) is 0 Å². The zero-order valence-corrected chi connectivity index (χ0v) is 10.1. The van der Waals surface area contributed by atoms with Gasteiger partial charge in [0.1, 0.15) is 7.85 Å². The normalized spacial score (nSPS) is 57.1. The Bertz CT molecular complexity index is 324. The van der Waals surface area contributed by atoms with Gasteiger partial charge in [-0.05, 0) is 38.4 Å². The van der Waals surface area contributed by atoms with E-state index in [4.69, 9.17) is 0 Å². The van der Waals surface area contributed by atoms with Crippen LogP contribution in [-0.4, -0.2) is 48.3 Å². The fourth-order valence-electron chi connectivity index (χ4n) is 3.29. The average Bonchev–Trinajstić information content (AvgIpc) is 2.71. The van der Waals surface area contributed by atoms with Gasteiger partial charge in [0, 0.05) is 0 Å². The van der Waals surface area contributed by atoms with Crippen molar-refractivity contribution in [2.24, 2.45) is 5.92 Å². The summed E-state index contributed by atoms with van der Waals surface area (Å²) in [5.41, 5.74) is -1.06. The Balaban J connectivity index is 2.43. The highest BCUT2D eigenvalue weighted by Crippen LogP contribution is 2.79. The summed E-state index contributed by atoms with van der Waals surface area (Å²) in [5, 5.41) is 19.7. The summed E-state index contributed by atoms with van der Waals surface area (Å²) in [6, 6.07) is 0. The molecule has 3 nitrogen and oxygen atoms in total. The number of aliphatic hydroxyl groups is 2. The highest BCUT2D eigenvalue weighted by Gasteiger charge is 2.77. The van der Waals surface area contributed by atoms with Crippen molar-refractivity contribution in [2.75, 3.05) is 13.3 Å². The van der Waals surface area contributed by atoms with Crippen LogP contribution >= 0.6 is 7.14 Å². The first-order chi connectivity index (χ1) is 6.15. The Morgan fingerprint density at radius 3 is 2.21 bits per heavy atom. The van der Waals surface area contributed by atoms with Crippen molar-refractivity contribution in [1.82, 2.24) is 0 Å². The molecule has 14 heavy (non-hydrogen) atoms. The summed E-state index contributed by atoms with van der Waals surface area (Å²) >= 11 is 0. The van der Waals surface area contributed by atoms with E-state index >= 15 is 0 Å². The lowest BCUT2D eigenvalue weighted by Crippen LogP contribution is -2.45. The van der Waals surface area contributed by atoms with Crippen LogP contribution in [0, 0.1) is 5.92 Å². The highest BCUT2D eigenvalue weighted by atomic mass is 31.2. The third-order valence-electron chi connectivity index (χ3n) is 4.58. The van der Waals surface area contributed by atoms with Crippen LogP contribution in [0.2, 0.25) is 5.82 Å². The minimum absolute atomic E-state index is 0.0470. The van der Waals surface area contributed by atoms with E-state index in [0.717, 1.165) is 6.42 Å². The van der Waals surface area contributed by atoms with Gasteiger partial charge in [-0.15, -0.1) is 0 Å². The van der Waals surface area contributed by atoms with Crippen molar-refractivity contribution in [1.29, 1.82) is 0 Å². The number of hydrogen-bond acceptors (Lipinski definition) is 3. The van der Waals surface area contributed by atoms with Gasteiger partial charge in [0.2, 0.25) is 0 Å². The maximum Gasteiger partial charge on any atom is 0.109 e. The minimum Gasteiger partial charge on any atom is -0.389 e. The SMILES string of the molecule is BC1C2CC2(P(C)(C)=O)C(O)C1(C)O. The molecule has 2 saturated carbocycles. The Morgan fingerprint density at radius 1 is 1.50 bits per heavy atom. The van der Waals surface area contributed by atoms with Crippen molar-refractivity contribution in [3.8, 4) is 0 Å². The largest absolute Gasteiger partial charge is 0.389 e. The standard InChI is InChI=1S/C9H18BO3P/c1-8(12)6(10)5-4-9(5,7(8)11)14(2,3)13/h5-7,11-12H,4,10H2,1-3H3. The number of rotatable bonds is 1. The molecule has 2 aliphatic rings. The monoisotopic (exact) mass is 216 g/mol. The highest BCUT2D eigenvalue weighted by molar-refractivity contribution is 7.64. The summed E-state index contributed by atoms with van der Waals surface area (Å²) in [6.45, 7) is 5.11. The number of fused-ring (bicyclic) bond motifs is 1. The first-order valence-electron chi connectivity index (χ1n) is 5.11. The van der Waals surface area contributed by atoms with Gasteiger partial charge in [-0.3, -0.25) is 0 Å². The van der Waals surface area contributed by atoms with Crippen LogP contribution < -0.4 is 0 Å². The Labute approximate surface area is 85.7 Å². The van der Waals surface area contributed by atoms with Crippen LogP contribution in [0.4, 0.5) is 0 Å². The van der Waals surface area contributed by atoms with Crippen molar-refractivity contribution in [3.05, 3.63) is 0 Å². The van der Waals surface area contributed by atoms with Gasteiger partial charge in [-0.25, -0.2) is 0 Å². The summed E-state index contributed by atoms with van der Waals surface area (Å²) < 4.78 is 12.2. The van der Waals surface area contributed by atoms with Crippen LogP contribution in [0.3, 0.4) is 0 Å². The molecule has 5 heteroatoms. The molecule has 80 valence electrons. The molecule has 2 fully saturated rings. The van der Waals surface area contributed by atoms with Gasteiger partial charge < -0.3 is 14.8 Å². The Morgan fingerprint density at radius 2 is 2.00 bits per heavy atom. The molecule has 0 bridgehead atoms. The predicted molar refractivity (Wildman–Crippen MR) is 59.2 cm³/mol. The molecule has 0 aliphatic heterocycles. The first kappa shape index (κ1) is 10.7. The van der Waals surface area contributed by atoms with Crippen molar-refractivity contribution >= 4 is 15.0 Å². The van der Waals surface area contributed by atoms with Crippen LogP contribution in [0.1, 0.15) is 13.3 Å². The Hall–Kier alpha value is 0.215. The lowest BCUT2D eigenvalue weighted by Gasteiger charge is -2.33. The second kappa shape index (κ2) is 2.48. The molecule has 0 spiro atoms. The summed E-state index contributed by atoms with van der Waals surface area (Å²) in [7, 11) is -0.392. The smallest absolute Gasteiger partial charge is 0.109 e. The van der Waals surface area contributed by atoms with Gasteiger partial charge in [0.05, 0.1) is 24.0 Å². The topological polar surface area (TPSA) is 57.5 Å². The van der Waals surface area contributed by atoms with Crippen LogP contribution in [-0.2, 0) is 4.57 Å². The quantitative estimate of drug-likeness (QED) is 0.476. The van der Waals surface area contributed by atoms with E-state index in [1.807, 2.05) is 7.85 Å². The molecule has 2 rings (SSSR count). The maximum absolute atomic E-state index is 12.2. The molecule has 0 amide bonds. The van der Waals surface area contributed by atoms with E-state index in [2.05, 4.69) is 0 Å². The molecule has 0 aromatic rings. The fraction of sp³-hybridized carbons (Fsp3) is 1.00. The van der Waals surface area contributed by atoms with Gasteiger partial charge in [-0.2, -0.15) is 0 Å². The summed E-state index contributed by atoms with van der Waals surface area (Å²) in [4.78, 5) is 0. The minimum atomic E-state index is -2.33. The number of aliphatic hydroxyl groups excluding tert-OH is 1. The molecule has 2 aliphatic carbocycles. The van der Waals surface area contributed by atoms with E-state index in [0.29, 0.717) is 0 Å². The lowest BCUT2D eigenvalue weighted by atomic mass is 9.73. The third-order valence-corrected chi connectivity index (χ3v) is 7.35. The summed E-state index contributed by atoms with van der Waals surface area (Å²) in [6.07, 6.45) is -0.00806. The van der Waals surface area contributed by atoms with Gasteiger partial charge in [-0.1, -0.05) is 0 Å². The zero-order chi connectivity index (χ0) is 10.9. The van der Waals surface area contributed by atoms with E-state index in [1.165, 1.54) is 0 Å². The van der Waals surface area contributed by atoms with E-state index in [-0.39, 0.29) is 11.7 Å². The predicted octanol–water partition coefficient (Wildman–Crippen LogP) is -0.0851. The van der Waals surface area contributed by atoms with Crippen LogP contribution in [0.5, 0.6) is 0 Å². The zero-order valence-electron chi connectivity index (χ0n) is 9.19. The molecule has 5 unspecified atom stereocenters. The maximum atomic E-state index is 12.2. The van der Waals surface area contributed by atoms with Crippen molar-refractivity contribution < 1.29 is 14.8 Å². The van der Waals surface area contributed by atoms with Gasteiger partial charge in [0.25, 0.3) is 0 Å².